The Hall–Kier alpha value is -1.53. The van der Waals surface area contributed by atoms with E-state index in [0.29, 0.717) is 25.7 Å². The summed E-state index contributed by atoms with van der Waals surface area (Å²) in [4.78, 5) is 4.23. The zero-order chi connectivity index (χ0) is 10.7. The molecule has 0 aliphatic carbocycles. The predicted molar refractivity (Wildman–Crippen MR) is 54.3 cm³/mol. The molecule has 0 spiro atoms. The molecule has 82 valence electrons. The minimum absolute atomic E-state index is 0.0242. The number of fused-ring (bicyclic) bond motifs is 1. The molecule has 2 heterocycles. The first-order chi connectivity index (χ1) is 7.31. The number of aromatic nitrogens is 2. The Bertz CT molecular complexity index is 372. The molecule has 0 aromatic carbocycles. The number of imidazole rings is 1. The van der Waals surface area contributed by atoms with E-state index in [1.165, 1.54) is 0 Å². The van der Waals surface area contributed by atoms with Crippen LogP contribution in [0, 0.1) is 0 Å². The number of nitrogens with two attached hydrogens (primary N) is 1. The number of ether oxygens (including phenoxy) is 1. The van der Waals surface area contributed by atoms with Crippen LogP contribution in [0.15, 0.2) is 12.1 Å². The Morgan fingerprint density at radius 2 is 2.53 bits per heavy atom. The third-order valence-corrected chi connectivity index (χ3v) is 2.18. The smallest absolute Gasteiger partial charge is 0.124 e. The van der Waals surface area contributed by atoms with Crippen molar-refractivity contribution in [3.05, 3.63) is 23.5 Å². The summed E-state index contributed by atoms with van der Waals surface area (Å²) in [7, 11) is 0. The number of nitrogens with one attached hydrogen (secondary N) is 1. The van der Waals surface area contributed by atoms with Crippen molar-refractivity contribution in [3.63, 3.8) is 0 Å². The molecule has 0 radical (unpaired) electrons. The SMILES string of the molecule is NC1=Cc2c(ncn2COCCO)CN1. The van der Waals surface area contributed by atoms with Gasteiger partial charge in [-0.3, -0.25) is 0 Å². The monoisotopic (exact) mass is 210 g/mol. The summed E-state index contributed by atoms with van der Waals surface area (Å²) < 4.78 is 7.07. The molecule has 0 bridgehead atoms. The third-order valence-electron chi connectivity index (χ3n) is 2.18. The van der Waals surface area contributed by atoms with E-state index < -0.39 is 0 Å². The van der Waals surface area contributed by atoms with E-state index in [-0.39, 0.29) is 6.61 Å². The van der Waals surface area contributed by atoms with Crippen LogP contribution in [0.2, 0.25) is 0 Å². The van der Waals surface area contributed by atoms with E-state index in [0.717, 1.165) is 11.4 Å². The molecular weight excluding hydrogens is 196 g/mol. The first kappa shape index (κ1) is 10.0. The van der Waals surface area contributed by atoms with Crippen molar-refractivity contribution in [3.8, 4) is 0 Å². The van der Waals surface area contributed by atoms with E-state index in [1.54, 1.807) is 6.33 Å². The van der Waals surface area contributed by atoms with Crippen molar-refractivity contribution in [2.45, 2.75) is 13.3 Å². The zero-order valence-corrected chi connectivity index (χ0v) is 8.31. The van der Waals surface area contributed by atoms with Crippen LogP contribution >= 0.6 is 0 Å². The maximum atomic E-state index is 8.58. The average molecular weight is 210 g/mol. The molecule has 0 amide bonds. The van der Waals surface area contributed by atoms with Crippen LogP contribution in [-0.2, 0) is 18.0 Å². The van der Waals surface area contributed by atoms with Crippen molar-refractivity contribution in [2.75, 3.05) is 13.2 Å². The quantitative estimate of drug-likeness (QED) is 0.567. The van der Waals surface area contributed by atoms with Crippen LogP contribution in [0.5, 0.6) is 0 Å². The summed E-state index contributed by atoms with van der Waals surface area (Å²) in [5.74, 6) is 0.631. The van der Waals surface area contributed by atoms with E-state index in [4.69, 9.17) is 15.6 Å². The second-order valence-electron chi connectivity index (χ2n) is 3.26. The van der Waals surface area contributed by atoms with Gasteiger partial charge in [0.1, 0.15) is 6.73 Å². The Labute approximate surface area is 87.4 Å². The van der Waals surface area contributed by atoms with E-state index in [1.807, 2.05) is 10.6 Å². The Morgan fingerprint density at radius 1 is 1.67 bits per heavy atom. The molecule has 0 saturated carbocycles. The maximum absolute atomic E-state index is 8.58. The summed E-state index contributed by atoms with van der Waals surface area (Å²) >= 11 is 0. The van der Waals surface area contributed by atoms with Crippen LogP contribution < -0.4 is 11.1 Å². The average Bonchev–Trinajstić information content (AvgIpc) is 2.62. The number of nitrogens with zero attached hydrogens (tertiary/aromatic N) is 2. The topological polar surface area (TPSA) is 85.3 Å². The second-order valence-corrected chi connectivity index (χ2v) is 3.26. The Kier molecular flexibility index (Phi) is 2.89. The Balaban J connectivity index is 2.10. The lowest BCUT2D eigenvalue weighted by Crippen LogP contribution is -2.24. The minimum atomic E-state index is 0.0242. The lowest BCUT2D eigenvalue weighted by Gasteiger charge is -2.13. The molecule has 0 fully saturated rings. The number of hydrogen-bond acceptors (Lipinski definition) is 5. The molecule has 0 unspecified atom stereocenters. The fraction of sp³-hybridized carbons (Fsp3) is 0.444. The predicted octanol–water partition coefficient (Wildman–Crippen LogP) is -0.790. The molecule has 6 nitrogen and oxygen atoms in total. The summed E-state index contributed by atoms with van der Waals surface area (Å²) in [5, 5.41) is 11.6. The molecule has 0 atom stereocenters. The molecule has 1 aromatic heterocycles. The third kappa shape index (κ3) is 2.11. The standard InChI is InChI=1S/C9H14N4O2/c10-9-3-8-7(4-11-9)12-5-13(8)6-15-2-1-14/h3,5,11,14H,1-2,4,6,10H2. The van der Waals surface area contributed by atoms with Gasteiger partial charge < -0.3 is 25.5 Å². The largest absolute Gasteiger partial charge is 0.394 e. The fourth-order valence-corrected chi connectivity index (χ4v) is 1.45. The minimum Gasteiger partial charge on any atom is -0.394 e. The van der Waals surface area contributed by atoms with Gasteiger partial charge in [0.2, 0.25) is 0 Å². The van der Waals surface area contributed by atoms with Gasteiger partial charge in [0.15, 0.2) is 0 Å². The summed E-state index contributed by atoms with van der Waals surface area (Å²) in [5.41, 5.74) is 7.58. The maximum Gasteiger partial charge on any atom is 0.124 e. The first-order valence-electron chi connectivity index (χ1n) is 4.75. The number of aliphatic hydroxyl groups is 1. The van der Waals surface area contributed by atoms with Crippen LogP contribution in [0.4, 0.5) is 0 Å². The Morgan fingerprint density at radius 3 is 3.33 bits per heavy atom. The van der Waals surface area contributed by atoms with E-state index >= 15 is 0 Å². The summed E-state index contributed by atoms with van der Waals surface area (Å²) in [6.45, 7) is 1.37. The molecule has 0 saturated heterocycles. The van der Waals surface area contributed by atoms with Gasteiger partial charge in [-0.2, -0.15) is 0 Å². The van der Waals surface area contributed by atoms with Gasteiger partial charge in [-0.05, 0) is 0 Å². The van der Waals surface area contributed by atoms with Crippen LogP contribution in [-0.4, -0.2) is 27.9 Å². The molecule has 6 heteroatoms. The van der Waals surface area contributed by atoms with Crippen LogP contribution in [0.1, 0.15) is 11.4 Å². The van der Waals surface area contributed by atoms with Crippen LogP contribution in [0.25, 0.3) is 6.08 Å². The van der Waals surface area contributed by atoms with Crippen molar-refractivity contribution >= 4 is 6.08 Å². The second kappa shape index (κ2) is 4.33. The molecule has 4 N–H and O–H groups in total. The van der Waals surface area contributed by atoms with Gasteiger partial charge in [0.05, 0.1) is 43.3 Å². The van der Waals surface area contributed by atoms with Crippen molar-refractivity contribution in [2.24, 2.45) is 5.73 Å². The fourth-order valence-electron chi connectivity index (χ4n) is 1.45. The highest BCUT2D eigenvalue weighted by molar-refractivity contribution is 5.53. The molecule has 2 rings (SSSR count). The van der Waals surface area contributed by atoms with E-state index in [9.17, 15) is 0 Å². The van der Waals surface area contributed by atoms with Crippen molar-refractivity contribution < 1.29 is 9.84 Å². The van der Waals surface area contributed by atoms with Gasteiger partial charge in [-0.25, -0.2) is 4.98 Å². The zero-order valence-electron chi connectivity index (χ0n) is 8.31. The normalized spacial score (nSPS) is 14.3. The van der Waals surface area contributed by atoms with Gasteiger partial charge in [0.25, 0.3) is 0 Å². The highest BCUT2D eigenvalue weighted by atomic mass is 16.5. The van der Waals surface area contributed by atoms with Gasteiger partial charge in [-0.15, -0.1) is 0 Å². The molecule has 1 aliphatic rings. The number of aliphatic hydroxyl groups excluding tert-OH is 1. The first-order valence-corrected chi connectivity index (χ1v) is 4.75. The van der Waals surface area contributed by atoms with Gasteiger partial charge >= 0.3 is 0 Å². The molecule has 15 heavy (non-hydrogen) atoms. The van der Waals surface area contributed by atoms with E-state index in [2.05, 4.69) is 10.3 Å². The highest BCUT2D eigenvalue weighted by Crippen LogP contribution is 2.14. The van der Waals surface area contributed by atoms with Crippen molar-refractivity contribution in [1.29, 1.82) is 0 Å². The lowest BCUT2D eigenvalue weighted by atomic mass is 10.2. The summed E-state index contributed by atoms with van der Waals surface area (Å²) in [6.07, 6.45) is 3.53. The van der Waals surface area contributed by atoms with Gasteiger partial charge in [0, 0.05) is 6.08 Å². The molecular formula is C9H14N4O2. The number of rotatable bonds is 4. The van der Waals surface area contributed by atoms with Gasteiger partial charge in [-0.1, -0.05) is 0 Å². The van der Waals surface area contributed by atoms with Crippen molar-refractivity contribution in [1.82, 2.24) is 14.9 Å². The lowest BCUT2D eigenvalue weighted by molar-refractivity contribution is 0.0478. The highest BCUT2D eigenvalue weighted by Gasteiger charge is 2.13. The van der Waals surface area contributed by atoms with Crippen LogP contribution in [0.3, 0.4) is 0 Å². The number of hydrogen-bond donors (Lipinski definition) is 3. The summed E-state index contributed by atoms with van der Waals surface area (Å²) in [6, 6.07) is 0. The molecule has 1 aromatic rings. The molecule has 1 aliphatic heterocycles.